The highest BCUT2D eigenvalue weighted by molar-refractivity contribution is 9.10. The Morgan fingerprint density at radius 1 is 1.19 bits per heavy atom. The van der Waals surface area contributed by atoms with Crippen LogP contribution < -0.4 is 0 Å². The molecule has 0 spiro atoms. The van der Waals surface area contributed by atoms with Gasteiger partial charge in [0.15, 0.2) is 0 Å². The van der Waals surface area contributed by atoms with Gasteiger partial charge >= 0.3 is 6.09 Å². The molecule has 1 heterocycles. The predicted octanol–water partition coefficient (Wildman–Crippen LogP) is 4.83. The Balaban J connectivity index is 1.95. The predicted molar refractivity (Wildman–Crippen MR) is 110 cm³/mol. The molecule has 1 aliphatic rings. The first kappa shape index (κ1) is 21.7. The summed E-state index contributed by atoms with van der Waals surface area (Å²) in [6.45, 7) is 11.4. The fourth-order valence-corrected chi connectivity index (χ4v) is 3.44. The molecular formula is C21H31BrN2O3. The van der Waals surface area contributed by atoms with E-state index in [2.05, 4.69) is 15.9 Å². The fourth-order valence-electron chi connectivity index (χ4n) is 3.17. The summed E-state index contributed by atoms with van der Waals surface area (Å²) in [5.74, 6) is 0.137. The van der Waals surface area contributed by atoms with E-state index in [0.717, 1.165) is 10.0 Å². The van der Waals surface area contributed by atoms with Gasteiger partial charge in [-0.15, -0.1) is 0 Å². The summed E-state index contributed by atoms with van der Waals surface area (Å²) < 4.78 is 6.47. The van der Waals surface area contributed by atoms with Gasteiger partial charge in [-0.05, 0) is 65.2 Å². The highest BCUT2D eigenvalue weighted by Gasteiger charge is 2.32. The van der Waals surface area contributed by atoms with Gasteiger partial charge in [0.05, 0.1) is 0 Å². The van der Waals surface area contributed by atoms with Gasteiger partial charge in [-0.25, -0.2) is 4.79 Å². The molecule has 1 aromatic rings. The minimum Gasteiger partial charge on any atom is -0.444 e. The van der Waals surface area contributed by atoms with Crippen molar-refractivity contribution >= 4 is 27.9 Å². The van der Waals surface area contributed by atoms with Crippen LogP contribution in [-0.4, -0.2) is 46.5 Å². The fraction of sp³-hybridized carbons (Fsp3) is 0.619. The molecule has 0 saturated carbocycles. The van der Waals surface area contributed by atoms with E-state index in [0.29, 0.717) is 32.5 Å². The molecule has 0 aromatic heterocycles. The Morgan fingerprint density at radius 3 is 2.22 bits per heavy atom. The molecule has 0 radical (unpaired) electrons. The number of hydrogen-bond donors (Lipinski definition) is 0. The number of hydrogen-bond acceptors (Lipinski definition) is 3. The lowest BCUT2D eigenvalue weighted by Crippen LogP contribution is -2.47. The maximum Gasteiger partial charge on any atom is 0.410 e. The van der Waals surface area contributed by atoms with Crippen molar-refractivity contribution in [2.24, 2.45) is 5.92 Å². The lowest BCUT2D eigenvalue weighted by Gasteiger charge is -2.36. The topological polar surface area (TPSA) is 49.9 Å². The van der Waals surface area contributed by atoms with Gasteiger partial charge in [0.25, 0.3) is 0 Å². The SMILES string of the molecule is CC(C)N(Cc1ccc(Br)cc1)C(=O)C1CCN(C(=O)OC(C)(C)C)CC1. The second-order valence-corrected chi connectivity index (χ2v) is 9.34. The first-order valence-corrected chi connectivity index (χ1v) is 10.4. The Morgan fingerprint density at radius 2 is 1.74 bits per heavy atom. The quantitative estimate of drug-likeness (QED) is 0.675. The summed E-state index contributed by atoms with van der Waals surface area (Å²) in [4.78, 5) is 29.0. The van der Waals surface area contributed by atoms with Crippen LogP contribution in [0.25, 0.3) is 0 Å². The summed E-state index contributed by atoms with van der Waals surface area (Å²) in [7, 11) is 0. The average molecular weight is 439 g/mol. The zero-order valence-electron chi connectivity index (χ0n) is 17.0. The second-order valence-electron chi connectivity index (χ2n) is 8.43. The third-order valence-corrected chi connectivity index (χ3v) is 5.20. The Bertz CT molecular complexity index is 644. The molecule has 0 N–H and O–H groups in total. The second kappa shape index (κ2) is 9.09. The van der Waals surface area contributed by atoms with Crippen molar-refractivity contribution in [2.75, 3.05) is 13.1 Å². The number of rotatable bonds is 4. The normalized spacial score (nSPS) is 15.7. The molecule has 1 aromatic carbocycles. The molecule has 2 amide bonds. The van der Waals surface area contributed by atoms with Crippen molar-refractivity contribution in [2.45, 2.75) is 65.6 Å². The molecule has 0 unspecified atom stereocenters. The van der Waals surface area contributed by atoms with E-state index in [1.165, 1.54) is 0 Å². The molecular weight excluding hydrogens is 408 g/mol. The van der Waals surface area contributed by atoms with Crippen LogP contribution in [0.1, 0.15) is 53.0 Å². The minimum atomic E-state index is -0.497. The van der Waals surface area contributed by atoms with Gasteiger partial charge in [0.2, 0.25) is 5.91 Å². The van der Waals surface area contributed by atoms with Crippen LogP contribution in [0, 0.1) is 5.92 Å². The van der Waals surface area contributed by atoms with Gasteiger partial charge in [0.1, 0.15) is 5.60 Å². The van der Waals surface area contributed by atoms with Gasteiger partial charge in [0, 0.05) is 36.1 Å². The lowest BCUT2D eigenvalue weighted by atomic mass is 9.94. The van der Waals surface area contributed by atoms with E-state index in [4.69, 9.17) is 4.74 Å². The standard InChI is InChI=1S/C21H31BrN2O3/c1-15(2)24(14-16-6-8-18(22)9-7-16)19(25)17-10-12-23(13-11-17)20(26)27-21(3,4)5/h6-9,15,17H,10-14H2,1-5H3. The van der Waals surface area contributed by atoms with Crippen LogP contribution in [-0.2, 0) is 16.1 Å². The maximum atomic E-state index is 13.1. The molecule has 1 fully saturated rings. The van der Waals surface area contributed by atoms with Crippen LogP contribution in [0.4, 0.5) is 4.79 Å². The summed E-state index contributed by atoms with van der Waals surface area (Å²) in [5, 5.41) is 0. The number of carbonyl (C=O) groups is 2. The Labute approximate surface area is 171 Å². The smallest absolute Gasteiger partial charge is 0.410 e. The summed E-state index contributed by atoms with van der Waals surface area (Å²) in [6, 6.07) is 8.20. The molecule has 27 heavy (non-hydrogen) atoms. The molecule has 0 bridgehead atoms. The maximum absolute atomic E-state index is 13.1. The van der Waals surface area contributed by atoms with Crippen molar-refractivity contribution < 1.29 is 14.3 Å². The zero-order valence-corrected chi connectivity index (χ0v) is 18.6. The van der Waals surface area contributed by atoms with E-state index in [1.807, 2.05) is 63.8 Å². The van der Waals surface area contributed by atoms with E-state index in [-0.39, 0.29) is 24.0 Å². The van der Waals surface area contributed by atoms with Gasteiger partial charge in [-0.1, -0.05) is 28.1 Å². The first-order chi connectivity index (χ1) is 12.6. The van der Waals surface area contributed by atoms with E-state index in [1.54, 1.807) is 4.90 Å². The largest absolute Gasteiger partial charge is 0.444 e. The zero-order chi connectivity index (χ0) is 20.2. The molecule has 0 atom stereocenters. The van der Waals surface area contributed by atoms with Crippen molar-refractivity contribution in [3.8, 4) is 0 Å². The van der Waals surface area contributed by atoms with Crippen LogP contribution in [0.2, 0.25) is 0 Å². The number of carbonyl (C=O) groups excluding carboxylic acids is 2. The first-order valence-electron chi connectivity index (χ1n) is 9.59. The number of benzene rings is 1. The molecule has 6 heteroatoms. The van der Waals surface area contributed by atoms with Crippen molar-refractivity contribution in [1.29, 1.82) is 0 Å². The van der Waals surface area contributed by atoms with Crippen molar-refractivity contribution in [1.82, 2.24) is 9.80 Å². The van der Waals surface area contributed by atoms with Crippen molar-refractivity contribution in [3.05, 3.63) is 34.3 Å². The summed E-state index contributed by atoms with van der Waals surface area (Å²) >= 11 is 3.44. The van der Waals surface area contributed by atoms with Gasteiger partial charge in [-0.2, -0.15) is 0 Å². The molecule has 2 rings (SSSR count). The molecule has 1 saturated heterocycles. The Kier molecular flexibility index (Phi) is 7.32. The minimum absolute atomic E-state index is 0.0402. The van der Waals surface area contributed by atoms with E-state index >= 15 is 0 Å². The van der Waals surface area contributed by atoms with E-state index in [9.17, 15) is 9.59 Å². The number of halogens is 1. The average Bonchev–Trinajstić information content (AvgIpc) is 2.59. The van der Waals surface area contributed by atoms with Gasteiger partial charge in [-0.3, -0.25) is 4.79 Å². The molecule has 0 aliphatic carbocycles. The Hall–Kier alpha value is -1.56. The highest BCUT2D eigenvalue weighted by atomic mass is 79.9. The van der Waals surface area contributed by atoms with Crippen LogP contribution in [0.3, 0.4) is 0 Å². The molecule has 1 aliphatic heterocycles. The lowest BCUT2D eigenvalue weighted by molar-refractivity contribution is -0.139. The van der Waals surface area contributed by atoms with Gasteiger partial charge < -0.3 is 14.5 Å². The summed E-state index contributed by atoms with van der Waals surface area (Å²) in [5.41, 5.74) is 0.620. The van der Waals surface area contributed by atoms with Crippen molar-refractivity contribution in [3.63, 3.8) is 0 Å². The number of ether oxygens (including phenoxy) is 1. The third-order valence-electron chi connectivity index (χ3n) is 4.67. The van der Waals surface area contributed by atoms with E-state index < -0.39 is 5.60 Å². The van der Waals surface area contributed by atoms with Crippen LogP contribution in [0.5, 0.6) is 0 Å². The van der Waals surface area contributed by atoms with Crippen LogP contribution in [0.15, 0.2) is 28.7 Å². The third kappa shape index (κ3) is 6.52. The monoisotopic (exact) mass is 438 g/mol. The highest BCUT2D eigenvalue weighted by Crippen LogP contribution is 2.24. The molecule has 5 nitrogen and oxygen atoms in total. The number of piperidine rings is 1. The molecule has 150 valence electrons. The number of amides is 2. The number of nitrogens with zero attached hydrogens (tertiary/aromatic N) is 2. The number of likely N-dealkylation sites (tertiary alicyclic amines) is 1. The van der Waals surface area contributed by atoms with Crippen LogP contribution >= 0.6 is 15.9 Å². The summed E-state index contributed by atoms with van der Waals surface area (Å²) in [6.07, 6.45) is 1.08.